The lowest BCUT2D eigenvalue weighted by Gasteiger charge is -2.19. The molecule has 0 unspecified atom stereocenters. The Kier molecular flexibility index (Phi) is 7.64. The summed E-state index contributed by atoms with van der Waals surface area (Å²) in [5.74, 6) is 2.14. The summed E-state index contributed by atoms with van der Waals surface area (Å²) in [4.78, 5) is 8.71. The molecule has 0 atom stereocenters. The van der Waals surface area contributed by atoms with Gasteiger partial charge in [-0.15, -0.1) is 24.0 Å². The summed E-state index contributed by atoms with van der Waals surface area (Å²) in [6.45, 7) is 6.60. The molecule has 2 aromatic rings. The molecule has 0 aliphatic heterocycles. The normalized spacial score (nSPS) is 15.4. The number of guanidine groups is 1. The highest BCUT2D eigenvalue weighted by atomic mass is 127. The number of aliphatic imine (C=N–C) groups is 1. The first-order valence-corrected chi connectivity index (χ1v) is 9.23. The number of hydrogen-bond acceptors (Lipinski definition) is 2. The van der Waals surface area contributed by atoms with Crippen LogP contribution in [-0.2, 0) is 18.5 Å². The fraction of sp³-hybridized carbons (Fsp3) is 0.500. The topological polar surface area (TPSA) is 54.2 Å². The molecule has 5 nitrogen and oxygen atoms in total. The highest BCUT2D eigenvalue weighted by Crippen LogP contribution is 2.48. The molecule has 0 spiro atoms. The first-order valence-electron chi connectivity index (χ1n) is 9.23. The molecule has 27 heavy (non-hydrogen) atoms. The van der Waals surface area contributed by atoms with Crippen molar-refractivity contribution >= 4 is 29.9 Å². The highest BCUT2D eigenvalue weighted by molar-refractivity contribution is 14.0. The van der Waals surface area contributed by atoms with E-state index >= 15 is 0 Å². The summed E-state index contributed by atoms with van der Waals surface area (Å²) < 4.78 is 16.3. The minimum Gasteiger partial charge on any atom is -0.356 e. The molecule has 1 fully saturated rings. The molecule has 1 heterocycles. The van der Waals surface area contributed by atoms with E-state index in [1.165, 1.54) is 6.07 Å². The van der Waals surface area contributed by atoms with E-state index in [0.29, 0.717) is 25.0 Å². The predicted octanol–water partition coefficient (Wildman–Crippen LogP) is 3.69. The molecule has 2 N–H and O–H groups in total. The summed E-state index contributed by atoms with van der Waals surface area (Å²) in [5.41, 5.74) is 0.689. The Morgan fingerprint density at radius 2 is 2.04 bits per heavy atom. The van der Waals surface area contributed by atoms with Crippen LogP contribution in [0.4, 0.5) is 4.39 Å². The standard InChI is InChI=1S/C20H28FN5.HI/c1-15(2)13-26-11-10-23-18(26)12-24-19(22-3)25-14-20(8-9-20)16-6-4-5-7-17(16)21;/h4-7,10-11,15H,8-9,12-14H2,1-3H3,(H2,22,24,25);1H. The van der Waals surface area contributed by atoms with Crippen LogP contribution in [0.2, 0.25) is 0 Å². The number of aromatic nitrogens is 2. The van der Waals surface area contributed by atoms with Crippen LogP contribution in [-0.4, -0.2) is 29.1 Å². The lowest BCUT2D eigenvalue weighted by molar-refractivity contribution is 0.503. The van der Waals surface area contributed by atoms with E-state index in [2.05, 4.69) is 39.0 Å². The summed E-state index contributed by atoms with van der Waals surface area (Å²) >= 11 is 0. The zero-order chi connectivity index (χ0) is 18.6. The van der Waals surface area contributed by atoms with E-state index in [-0.39, 0.29) is 35.2 Å². The van der Waals surface area contributed by atoms with Gasteiger partial charge in [-0.3, -0.25) is 4.99 Å². The third-order valence-corrected chi connectivity index (χ3v) is 4.89. The molecule has 1 aliphatic rings. The largest absolute Gasteiger partial charge is 0.356 e. The van der Waals surface area contributed by atoms with Crippen LogP contribution in [0.25, 0.3) is 0 Å². The summed E-state index contributed by atoms with van der Waals surface area (Å²) in [6.07, 6.45) is 5.82. The molecule has 0 saturated heterocycles. The SMILES string of the molecule is CN=C(NCc1nccn1CC(C)C)NCC1(c2ccccc2F)CC1.I. The predicted molar refractivity (Wildman–Crippen MR) is 118 cm³/mol. The van der Waals surface area contributed by atoms with Gasteiger partial charge in [0.25, 0.3) is 0 Å². The summed E-state index contributed by atoms with van der Waals surface area (Å²) in [6, 6.07) is 7.07. The smallest absolute Gasteiger partial charge is 0.191 e. The monoisotopic (exact) mass is 485 g/mol. The Balaban J connectivity index is 0.00000261. The molecule has 0 radical (unpaired) electrons. The van der Waals surface area contributed by atoms with Gasteiger partial charge in [-0.05, 0) is 30.4 Å². The van der Waals surface area contributed by atoms with E-state index in [9.17, 15) is 4.39 Å². The van der Waals surface area contributed by atoms with Crippen LogP contribution in [0, 0.1) is 11.7 Å². The van der Waals surface area contributed by atoms with Crippen molar-refractivity contribution in [2.45, 2.75) is 45.2 Å². The maximum atomic E-state index is 14.1. The minimum atomic E-state index is -0.120. The van der Waals surface area contributed by atoms with Gasteiger partial charge in [0.1, 0.15) is 11.6 Å². The van der Waals surface area contributed by atoms with Gasteiger partial charge in [-0.25, -0.2) is 9.37 Å². The van der Waals surface area contributed by atoms with Crippen molar-refractivity contribution in [3.63, 3.8) is 0 Å². The van der Waals surface area contributed by atoms with Crippen molar-refractivity contribution in [3.05, 3.63) is 53.9 Å². The van der Waals surface area contributed by atoms with Crippen LogP contribution in [0.3, 0.4) is 0 Å². The van der Waals surface area contributed by atoms with E-state index < -0.39 is 0 Å². The Morgan fingerprint density at radius 1 is 1.30 bits per heavy atom. The van der Waals surface area contributed by atoms with Gasteiger partial charge < -0.3 is 15.2 Å². The molecular weight excluding hydrogens is 456 g/mol. The lowest BCUT2D eigenvalue weighted by atomic mass is 9.95. The molecule has 0 bridgehead atoms. The second kappa shape index (κ2) is 9.52. The Bertz CT molecular complexity index is 767. The second-order valence-corrected chi connectivity index (χ2v) is 7.43. The van der Waals surface area contributed by atoms with Gasteiger partial charge in [0.2, 0.25) is 0 Å². The third kappa shape index (κ3) is 5.43. The average molecular weight is 485 g/mol. The Morgan fingerprint density at radius 3 is 2.67 bits per heavy atom. The van der Waals surface area contributed by atoms with Gasteiger partial charge in [0.15, 0.2) is 5.96 Å². The van der Waals surface area contributed by atoms with Gasteiger partial charge in [0.05, 0.1) is 6.54 Å². The maximum absolute atomic E-state index is 14.1. The van der Waals surface area contributed by atoms with E-state index in [1.807, 2.05) is 24.5 Å². The number of halogens is 2. The minimum absolute atomic E-state index is 0. The van der Waals surface area contributed by atoms with E-state index in [0.717, 1.165) is 30.8 Å². The first kappa shape index (κ1) is 21.7. The lowest BCUT2D eigenvalue weighted by Crippen LogP contribution is -2.41. The first-order chi connectivity index (χ1) is 12.5. The van der Waals surface area contributed by atoms with Crippen LogP contribution < -0.4 is 10.6 Å². The quantitative estimate of drug-likeness (QED) is 0.358. The summed E-state index contributed by atoms with van der Waals surface area (Å²) in [5, 5.41) is 6.67. The summed E-state index contributed by atoms with van der Waals surface area (Å²) in [7, 11) is 1.75. The number of hydrogen-bond donors (Lipinski definition) is 2. The second-order valence-electron chi connectivity index (χ2n) is 7.43. The number of benzene rings is 1. The van der Waals surface area contributed by atoms with Crippen molar-refractivity contribution in [2.75, 3.05) is 13.6 Å². The highest BCUT2D eigenvalue weighted by Gasteiger charge is 2.45. The fourth-order valence-corrected chi connectivity index (χ4v) is 3.29. The molecule has 0 amide bonds. The molecular formula is C20H29FIN5. The average Bonchev–Trinajstić information content (AvgIpc) is 3.28. The van der Waals surface area contributed by atoms with Gasteiger partial charge in [0, 0.05) is 37.9 Å². The van der Waals surface area contributed by atoms with Gasteiger partial charge >= 0.3 is 0 Å². The van der Waals surface area contributed by atoms with Crippen LogP contribution in [0.15, 0.2) is 41.7 Å². The number of imidazole rings is 1. The van der Waals surface area contributed by atoms with Crippen LogP contribution >= 0.6 is 24.0 Å². The van der Waals surface area contributed by atoms with E-state index in [4.69, 9.17) is 0 Å². The molecule has 1 aromatic heterocycles. The number of rotatable bonds is 7. The molecule has 1 aromatic carbocycles. The maximum Gasteiger partial charge on any atom is 0.191 e. The van der Waals surface area contributed by atoms with Crippen LogP contribution in [0.5, 0.6) is 0 Å². The zero-order valence-electron chi connectivity index (χ0n) is 16.2. The molecule has 1 aliphatic carbocycles. The van der Waals surface area contributed by atoms with Crippen molar-refractivity contribution in [3.8, 4) is 0 Å². The van der Waals surface area contributed by atoms with Crippen molar-refractivity contribution < 1.29 is 4.39 Å². The molecule has 148 valence electrons. The molecule has 1 saturated carbocycles. The van der Waals surface area contributed by atoms with Crippen molar-refractivity contribution in [2.24, 2.45) is 10.9 Å². The van der Waals surface area contributed by atoms with E-state index in [1.54, 1.807) is 13.1 Å². The van der Waals surface area contributed by atoms with Gasteiger partial charge in [-0.2, -0.15) is 0 Å². The molecule has 7 heteroatoms. The third-order valence-electron chi connectivity index (χ3n) is 4.89. The fourth-order valence-electron chi connectivity index (χ4n) is 3.29. The number of nitrogens with zero attached hydrogens (tertiary/aromatic N) is 3. The Hall–Kier alpha value is -1.64. The molecule has 3 rings (SSSR count). The number of nitrogens with one attached hydrogen (secondary N) is 2. The zero-order valence-corrected chi connectivity index (χ0v) is 18.5. The van der Waals surface area contributed by atoms with Crippen molar-refractivity contribution in [1.82, 2.24) is 20.2 Å². The van der Waals surface area contributed by atoms with Gasteiger partial charge in [-0.1, -0.05) is 32.0 Å². The Labute approximate surface area is 177 Å². The van der Waals surface area contributed by atoms with Crippen molar-refractivity contribution in [1.29, 1.82) is 0 Å². The van der Waals surface area contributed by atoms with Crippen LogP contribution in [0.1, 0.15) is 38.1 Å².